The predicted molar refractivity (Wildman–Crippen MR) is 60.5 cm³/mol. The zero-order valence-corrected chi connectivity index (χ0v) is 8.92. The summed E-state index contributed by atoms with van der Waals surface area (Å²) in [5.41, 5.74) is 7.76. The van der Waals surface area contributed by atoms with Crippen LogP contribution in [0.15, 0.2) is 24.3 Å². The molecule has 1 aromatic heterocycles. The van der Waals surface area contributed by atoms with Crippen LogP contribution in [0.25, 0.3) is 10.9 Å². The summed E-state index contributed by atoms with van der Waals surface area (Å²) in [6, 6.07) is 8.18. The van der Waals surface area contributed by atoms with Crippen molar-refractivity contribution in [3.05, 3.63) is 30.0 Å². The maximum Gasteiger partial charge on any atom is 0.0838 e. The van der Waals surface area contributed by atoms with Gasteiger partial charge in [0.05, 0.1) is 11.2 Å². The molecule has 4 heteroatoms. The molecular formula is C10H14ClN3. The molecule has 0 saturated heterocycles. The number of nitrogens with zero attached hydrogens (tertiary/aromatic N) is 2. The van der Waals surface area contributed by atoms with Crippen molar-refractivity contribution < 1.29 is 0 Å². The van der Waals surface area contributed by atoms with E-state index in [1.165, 1.54) is 10.9 Å². The predicted octanol–water partition coefficient (Wildman–Crippen LogP) is 1.94. The van der Waals surface area contributed by atoms with Crippen LogP contribution in [0.4, 0.5) is 0 Å². The lowest BCUT2D eigenvalue weighted by Crippen LogP contribution is -2.00. The molecule has 0 atom stereocenters. The van der Waals surface area contributed by atoms with E-state index in [0.717, 1.165) is 12.2 Å². The van der Waals surface area contributed by atoms with Gasteiger partial charge in [-0.05, 0) is 13.0 Å². The van der Waals surface area contributed by atoms with Crippen molar-refractivity contribution in [3.8, 4) is 0 Å². The van der Waals surface area contributed by atoms with E-state index in [1.54, 1.807) is 0 Å². The fraction of sp³-hybridized carbons (Fsp3) is 0.300. The molecule has 0 amide bonds. The summed E-state index contributed by atoms with van der Waals surface area (Å²) >= 11 is 0. The van der Waals surface area contributed by atoms with Crippen LogP contribution in [-0.4, -0.2) is 9.78 Å². The standard InChI is InChI=1S/C10H13N3.ClH/c1-2-13-10-6-4-3-5-8(10)9(7-11)12-13;/h3-6H,2,7,11H2,1H3;1H. The third-order valence-electron chi connectivity index (χ3n) is 2.23. The highest BCUT2D eigenvalue weighted by Crippen LogP contribution is 2.17. The Bertz CT molecular complexity index is 384. The molecule has 1 heterocycles. The van der Waals surface area contributed by atoms with Crippen LogP contribution < -0.4 is 5.73 Å². The van der Waals surface area contributed by atoms with Gasteiger partial charge in [-0.15, -0.1) is 12.4 Å². The molecule has 0 bridgehead atoms. The molecule has 0 saturated carbocycles. The number of hydrogen-bond acceptors (Lipinski definition) is 2. The van der Waals surface area contributed by atoms with Gasteiger partial charge in [-0.1, -0.05) is 18.2 Å². The Labute approximate surface area is 89.3 Å². The average Bonchev–Trinajstić information content (AvgIpc) is 2.56. The van der Waals surface area contributed by atoms with Gasteiger partial charge >= 0.3 is 0 Å². The molecule has 76 valence electrons. The highest BCUT2D eigenvalue weighted by Gasteiger charge is 2.05. The van der Waals surface area contributed by atoms with Crippen molar-refractivity contribution in [1.82, 2.24) is 9.78 Å². The van der Waals surface area contributed by atoms with Gasteiger partial charge in [0.25, 0.3) is 0 Å². The lowest BCUT2D eigenvalue weighted by Gasteiger charge is -1.95. The summed E-state index contributed by atoms with van der Waals surface area (Å²) in [5, 5.41) is 5.59. The van der Waals surface area contributed by atoms with Crippen LogP contribution >= 0.6 is 12.4 Å². The van der Waals surface area contributed by atoms with Crippen LogP contribution in [0.5, 0.6) is 0 Å². The first-order valence-electron chi connectivity index (χ1n) is 4.51. The second-order valence-corrected chi connectivity index (χ2v) is 2.98. The summed E-state index contributed by atoms with van der Waals surface area (Å²) in [6.45, 7) is 3.48. The number of hydrogen-bond donors (Lipinski definition) is 1. The van der Waals surface area contributed by atoms with E-state index in [1.807, 2.05) is 16.8 Å². The molecule has 2 rings (SSSR count). The lowest BCUT2D eigenvalue weighted by molar-refractivity contribution is 0.668. The number of para-hydroxylation sites is 1. The van der Waals surface area contributed by atoms with Crippen molar-refractivity contribution in [2.45, 2.75) is 20.0 Å². The van der Waals surface area contributed by atoms with Gasteiger partial charge in [0.1, 0.15) is 0 Å². The molecule has 0 aliphatic carbocycles. The number of nitrogens with two attached hydrogens (primary N) is 1. The van der Waals surface area contributed by atoms with E-state index in [-0.39, 0.29) is 12.4 Å². The molecular weight excluding hydrogens is 198 g/mol. The van der Waals surface area contributed by atoms with Gasteiger partial charge in [-0.3, -0.25) is 4.68 Å². The molecule has 0 unspecified atom stereocenters. The summed E-state index contributed by atoms with van der Waals surface area (Å²) in [4.78, 5) is 0. The number of aromatic nitrogens is 2. The van der Waals surface area contributed by atoms with Gasteiger partial charge in [0, 0.05) is 18.5 Å². The Morgan fingerprint density at radius 3 is 2.71 bits per heavy atom. The van der Waals surface area contributed by atoms with E-state index in [4.69, 9.17) is 5.73 Å². The number of fused-ring (bicyclic) bond motifs is 1. The Kier molecular flexibility index (Phi) is 3.49. The molecule has 1 aromatic carbocycles. The quantitative estimate of drug-likeness (QED) is 0.825. The minimum Gasteiger partial charge on any atom is -0.325 e. The van der Waals surface area contributed by atoms with Gasteiger partial charge in [0.15, 0.2) is 0 Å². The summed E-state index contributed by atoms with van der Waals surface area (Å²) in [5.74, 6) is 0. The fourth-order valence-electron chi connectivity index (χ4n) is 1.59. The normalized spacial score (nSPS) is 10.1. The van der Waals surface area contributed by atoms with Crippen LogP contribution in [-0.2, 0) is 13.1 Å². The van der Waals surface area contributed by atoms with Crippen LogP contribution in [0, 0.1) is 0 Å². The van der Waals surface area contributed by atoms with Gasteiger partial charge in [-0.2, -0.15) is 5.10 Å². The Morgan fingerprint density at radius 2 is 2.07 bits per heavy atom. The molecule has 0 fully saturated rings. The van der Waals surface area contributed by atoms with E-state index >= 15 is 0 Å². The van der Waals surface area contributed by atoms with Gasteiger partial charge in [-0.25, -0.2) is 0 Å². The third-order valence-corrected chi connectivity index (χ3v) is 2.23. The van der Waals surface area contributed by atoms with E-state index in [2.05, 4.69) is 24.2 Å². The second kappa shape index (κ2) is 4.44. The van der Waals surface area contributed by atoms with Gasteiger partial charge in [0.2, 0.25) is 0 Å². The Balaban J connectivity index is 0.000000980. The van der Waals surface area contributed by atoms with Gasteiger partial charge < -0.3 is 5.73 Å². The first-order chi connectivity index (χ1) is 6.36. The van der Waals surface area contributed by atoms with Crippen molar-refractivity contribution in [2.75, 3.05) is 0 Å². The molecule has 0 spiro atoms. The van der Waals surface area contributed by atoms with E-state index in [0.29, 0.717) is 6.54 Å². The summed E-state index contributed by atoms with van der Waals surface area (Å²) in [6.07, 6.45) is 0. The lowest BCUT2D eigenvalue weighted by atomic mass is 10.2. The second-order valence-electron chi connectivity index (χ2n) is 2.98. The number of halogens is 1. The molecule has 0 aliphatic heterocycles. The third kappa shape index (κ3) is 1.61. The maximum atomic E-state index is 5.61. The molecule has 14 heavy (non-hydrogen) atoms. The topological polar surface area (TPSA) is 43.8 Å². The van der Waals surface area contributed by atoms with Crippen molar-refractivity contribution in [1.29, 1.82) is 0 Å². The molecule has 0 aliphatic rings. The molecule has 0 radical (unpaired) electrons. The smallest absolute Gasteiger partial charge is 0.0838 e. The van der Waals surface area contributed by atoms with E-state index in [9.17, 15) is 0 Å². The Hall–Kier alpha value is -1.06. The highest BCUT2D eigenvalue weighted by molar-refractivity contribution is 5.85. The minimum atomic E-state index is 0. The van der Waals surface area contributed by atoms with Crippen LogP contribution in [0.2, 0.25) is 0 Å². The summed E-state index contributed by atoms with van der Waals surface area (Å²) in [7, 11) is 0. The zero-order valence-electron chi connectivity index (χ0n) is 8.10. The molecule has 2 N–H and O–H groups in total. The van der Waals surface area contributed by atoms with Crippen molar-refractivity contribution in [2.24, 2.45) is 5.73 Å². The molecule has 2 aromatic rings. The average molecular weight is 212 g/mol. The van der Waals surface area contributed by atoms with Crippen molar-refractivity contribution >= 4 is 23.3 Å². The molecule has 3 nitrogen and oxygen atoms in total. The number of aryl methyl sites for hydroxylation is 1. The van der Waals surface area contributed by atoms with E-state index < -0.39 is 0 Å². The summed E-state index contributed by atoms with van der Waals surface area (Å²) < 4.78 is 1.98. The van der Waals surface area contributed by atoms with Crippen LogP contribution in [0.1, 0.15) is 12.6 Å². The zero-order chi connectivity index (χ0) is 9.26. The highest BCUT2D eigenvalue weighted by atomic mass is 35.5. The van der Waals surface area contributed by atoms with Crippen molar-refractivity contribution in [3.63, 3.8) is 0 Å². The minimum absolute atomic E-state index is 0. The van der Waals surface area contributed by atoms with Crippen LogP contribution in [0.3, 0.4) is 0 Å². The Morgan fingerprint density at radius 1 is 1.36 bits per heavy atom. The number of benzene rings is 1. The first-order valence-corrected chi connectivity index (χ1v) is 4.51. The SMILES string of the molecule is CCn1nc(CN)c2ccccc21.Cl. The maximum absolute atomic E-state index is 5.61. The first kappa shape index (κ1) is 11.0. The monoisotopic (exact) mass is 211 g/mol. The number of rotatable bonds is 2. The largest absolute Gasteiger partial charge is 0.325 e. The fourth-order valence-corrected chi connectivity index (χ4v) is 1.59.